The lowest BCUT2D eigenvalue weighted by Crippen LogP contribution is -2.37. The van der Waals surface area contributed by atoms with Crippen LogP contribution in [0, 0.1) is 6.92 Å². The number of anilines is 1. The Morgan fingerprint density at radius 1 is 1.14 bits per heavy atom. The summed E-state index contributed by atoms with van der Waals surface area (Å²) >= 11 is 0. The number of benzene rings is 2. The number of nitrogens with zero attached hydrogens (tertiary/aromatic N) is 1. The normalized spacial score (nSPS) is 11.9. The molecule has 2 heterocycles. The topological polar surface area (TPSA) is 93.0 Å². The number of hydrogen-bond acceptors (Lipinski definition) is 4. The van der Waals surface area contributed by atoms with E-state index in [2.05, 4.69) is 15.3 Å². The molecule has 2 aromatic carbocycles. The van der Waals surface area contributed by atoms with Gasteiger partial charge in [-0.15, -0.1) is 0 Å². The molecule has 146 valence electrons. The average molecular weight is 386 g/mol. The number of aryl methyl sites for hydroxylation is 1. The molecule has 6 heteroatoms. The molecule has 0 saturated carbocycles. The second-order valence-corrected chi connectivity index (χ2v) is 6.92. The van der Waals surface area contributed by atoms with Crippen molar-refractivity contribution in [3.63, 3.8) is 0 Å². The summed E-state index contributed by atoms with van der Waals surface area (Å²) in [5, 5.41) is 3.80. The van der Waals surface area contributed by atoms with Gasteiger partial charge in [0.05, 0.1) is 11.4 Å². The van der Waals surface area contributed by atoms with Crippen LogP contribution in [0.2, 0.25) is 0 Å². The molecule has 4 rings (SSSR count). The second-order valence-electron chi connectivity index (χ2n) is 6.92. The molecule has 0 aliphatic rings. The van der Waals surface area contributed by atoms with E-state index in [9.17, 15) is 4.79 Å². The number of para-hydroxylation sites is 1. The van der Waals surface area contributed by atoms with Crippen LogP contribution in [0.1, 0.15) is 11.1 Å². The molecule has 1 unspecified atom stereocenters. The number of aromatic amines is 1. The van der Waals surface area contributed by atoms with Crippen molar-refractivity contribution < 1.29 is 9.53 Å². The van der Waals surface area contributed by atoms with Crippen molar-refractivity contribution in [2.75, 3.05) is 5.32 Å². The van der Waals surface area contributed by atoms with Crippen LogP contribution in [0.5, 0.6) is 11.5 Å². The van der Waals surface area contributed by atoms with Crippen molar-refractivity contribution in [3.8, 4) is 11.5 Å². The summed E-state index contributed by atoms with van der Waals surface area (Å²) < 4.78 is 6.05. The average Bonchev–Trinajstić information content (AvgIpc) is 3.12. The lowest BCUT2D eigenvalue weighted by atomic mass is 10.1. The molecular formula is C23H22N4O2. The first-order valence-electron chi connectivity index (χ1n) is 9.41. The maximum Gasteiger partial charge on any atom is 0.241 e. The van der Waals surface area contributed by atoms with Crippen LogP contribution in [-0.2, 0) is 11.2 Å². The number of carbonyl (C=O) groups is 1. The quantitative estimate of drug-likeness (QED) is 0.464. The number of H-pyrrole nitrogens is 1. The fraction of sp³-hybridized carbons (Fsp3) is 0.130. The molecule has 29 heavy (non-hydrogen) atoms. The van der Waals surface area contributed by atoms with Crippen LogP contribution < -0.4 is 15.8 Å². The molecule has 0 aliphatic carbocycles. The van der Waals surface area contributed by atoms with Gasteiger partial charge in [-0.3, -0.25) is 4.79 Å². The van der Waals surface area contributed by atoms with E-state index in [1.807, 2.05) is 73.8 Å². The van der Waals surface area contributed by atoms with Gasteiger partial charge in [-0.25, -0.2) is 4.98 Å². The summed E-state index contributed by atoms with van der Waals surface area (Å²) in [7, 11) is 0. The van der Waals surface area contributed by atoms with Gasteiger partial charge in [0.1, 0.15) is 17.1 Å². The lowest BCUT2D eigenvalue weighted by molar-refractivity contribution is -0.117. The molecule has 2 aromatic heterocycles. The van der Waals surface area contributed by atoms with Gasteiger partial charge in [0.25, 0.3) is 0 Å². The number of pyridine rings is 1. The molecule has 0 bridgehead atoms. The molecule has 0 saturated heterocycles. The van der Waals surface area contributed by atoms with Crippen molar-refractivity contribution in [3.05, 3.63) is 84.2 Å². The van der Waals surface area contributed by atoms with E-state index >= 15 is 0 Å². The zero-order valence-electron chi connectivity index (χ0n) is 16.1. The van der Waals surface area contributed by atoms with E-state index < -0.39 is 6.04 Å². The number of rotatable bonds is 6. The first-order valence-corrected chi connectivity index (χ1v) is 9.41. The number of aromatic nitrogens is 2. The number of nitrogens with one attached hydrogen (secondary N) is 2. The summed E-state index contributed by atoms with van der Waals surface area (Å²) in [6, 6.07) is 18.1. The van der Waals surface area contributed by atoms with Gasteiger partial charge >= 0.3 is 0 Å². The zero-order chi connectivity index (χ0) is 20.2. The maximum atomic E-state index is 12.3. The third kappa shape index (κ3) is 4.28. The predicted octanol–water partition coefficient (Wildman–Crippen LogP) is 4.17. The first kappa shape index (κ1) is 18.7. The van der Waals surface area contributed by atoms with Crippen molar-refractivity contribution in [1.29, 1.82) is 0 Å². The van der Waals surface area contributed by atoms with Crippen LogP contribution >= 0.6 is 0 Å². The minimum Gasteiger partial charge on any atom is -0.457 e. The second kappa shape index (κ2) is 8.16. The Morgan fingerprint density at radius 2 is 1.90 bits per heavy atom. The number of carbonyl (C=O) groups excluding carboxylic acids is 1. The fourth-order valence-corrected chi connectivity index (χ4v) is 3.19. The number of nitrogens with two attached hydrogens (primary N) is 1. The predicted molar refractivity (Wildman–Crippen MR) is 114 cm³/mol. The fourth-order valence-electron chi connectivity index (χ4n) is 3.19. The van der Waals surface area contributed by atoms with Crippen LogP contribution in [-0.4, -0.2) is 21.9 Å². The molecule has 1 atom stereocenters. The zero-order valence-corrected chi connectivity index (χ0v) is 16.1. The minimum absolute atomic E-state index is 0.210. The summed E-state index contributed by atoms with van der Waals surface area (Å²) in [6.07, 6.45) is 4.07. The molecule has 6 nitrogen and oxygen atoms in total. The Labute approximate surface area is 168 Å². The highest BCUT2D eigenvalue weighted by Crippen LogP contribution is 2.30. The number of fused-ring (bicyclic) bond motifs is 1. The number of amides is 1. The molecule has 4 N–H and O–H groups in total. The van der Waals surface area contributed by atoms with E-state index in [4.69, 9.17) is 10.5 Å². The van der Waals surface area contributed by atoms with Crippen LogP contribution in [0.15, 0.2) is 73.1 Å². The van der Waals surface area contributed by atoms with Gasteiger partial charge in [0, 0.05) is 18.1 Å². The largest absolute Gasteiger partial charge is 0.457 e. The molecule has 4 aromatic rings. The van der Waals surface area contributed by atoms with Gasteiger partial charge in [0.15, 0.2) is 0 Å². The molecular weight excluding hydrogens is 364 g/mol. The van der Waals surface area contributed by atoms with Gasteiger partial charge in [-0.1, -0.05) is 30.3 Å². The highest BCUT2D eigenvalue weighted by atomic mass is 16.5. The van der Waals surface area contributed by atoms with E-state index in [0.29, 0.717) is 12.2 Å². The molecule has 0 fully saturated rings. The number of ether oxygens (including phenoxy) is 1. The Hall–Kier alpha value is -3.64. The smallest absolute Gasteiger partial charge is 0.241 e. The lowest BCUT2D eigenvalue weighted by Gasteiger charge is -2.13. The van der Waals surface area contributed by atoms with Crippen LogP contribution in [0.3, 0.4) is 0 Å². The van der Waals surface area contributed by atoms with Crippen molar-refractivity contribution in [1.82, 2.24) is 9.97 Å². The molecule has 1 amide bonds. The molecule has 0 radical (unpaired) electrons. The Kier molecular flexibility index (Phi) is 5.27. The van der Waals surface area contributed by atoms with E-state index in [1.165, 1.54) is 0 Å². The van der Waals surface area contributed by atoms with Gasteiger partial charge < -0.3 is 20.8 Å². The van der Waals surface area contributed by atoms with Crippen LogP contribution in [0.25, 0.3) is 11.0 Å². The molecule has 0 aliphatic heterocycles. The van der Waals surface area contributed by atoms with E-state index in [1.54, 1.807) is 6.20 Å². The third-order valence-corrected chi connectivity index (χ3v) is 4.72. The van der Waals surface area contributed by atoms with Crippen molar-refractivity contribution in [2.24, 2.45) is 5.73 Å². The summed E-state index contributed by atoms with van der Waals surface area (Å²) in [5.41, 5.74) is 9.65. The first-order chi connectivity index (χ1) is 14.1. The van der Waals surface area contributed by atoms with Crippen molar-refractivity contribution >= 4 is 22.6 Å². The Bertz CT molecular complexity index is 1120. The number of hydrogen-bond donors (Lipinski definition) is 3. The summed E-state index contributed by atoms with van der Waals surface area (Å²) in [4.78, 5) is 19.7. The third-order valence-electron chi connectivity index (χ3n) is 4.72. The van der Waals surface area contributed by atoms with Crippen LogP contribution in [0.4, 0.5) is 5.69 Å². The molecule has 0 spiro atoms. The van der Waals surface area contributed by atoms with Crippen molar-refractivity contribution in [2.45, 2.75) is 19.4 Å². The minimum atomic E-state index is -0.635. The van der Waals surface area contributed by atoms with E-state index in [0.717, 1.165) is 33.6 Å². The SMILES string of the molecule is Cc1c[nH]c2nccc(Oc3ccc(CC(N)C(=O)Nc4ccccc4)cc3)c12. The van der Waals surface area contributed by atoms with Gasteiger partial charge in [0.2, 0.25) is 5.91 Å². The Balaban J connectivity index is 1.41. The maximum absolute atomic E-state index is 12.3. The Morgan fingerprint density at radius 3 is 2.66 bits per heavy atom. The monoisotopic (exact) mass is 386 g/mol. The van der Waals surface area contributed by atoms with E-state index in [-0.39, 0.29) is 5.91 Å². The highest BCUT2D eigenvalue weighted by molar-refractivity contribution is 5.94. The summed E-state index contributed by atoms with van der Waals surface area (Å²) in [5.74, 6) is 1.25. The highest BCUT2D eigenvalue weighted by Gasteiger charge is 2.15. The van der Waals surface area contributed by atoms with Gasteiger partial charge in [-0.05, 0) is 54.8 Å². The van der Waals surface area contributed by atoms with Gasteiger partial charge in [-0.2, -0.15) is 0 Å². The summed E-state index contributed by atoms with van der Waals surface area (Å²) in [6.45, 7) is 2.01. The standard InChI is InChI=1S/C23H22N4O2/c1-15-14-26-22-21(15)20(11-12-25-22)29-18-9-7-16(8-10-18)13-19(24)23(28)27-17-5-3-2-4-6-17/h2-12,14,19H,13,24H2,1H3,(H,25,26)(H,27,28).